The molecule has 0 saturated carbocycles. The lowest BCUT2D eigenvalue weighted by Gasteiger charge is -2.05. The Bertz CT molecular complexity index is 590. The first kappa shape index (κ1) is 13.5. The highest BCUT2D eigenvalue weighted by Gasteiger charge is 2.12. The van der Waals surface area contributed by atoms with Gasteiger partial charge in [0.1, 0.15) is 0 Å². The maximum atomic E-state index is 11.6. The van der Waals surface area contributed by atoms with Crippen molar-refractivity contribution in [2.45, 2.75) is 17.8 Å². The third-order valence-corrected chi connectivity index (χ3v) is 3.28. The summed E-state index contributed by atoms with van der Waals surface area (Å²) >= 11 is 1.44. The van der Waals surface area contributed by atoms with Crippen molar-refractivity contribution in [2.24, 2.45) is 0 Å². The molecule has 0 saturated heterocycles. The van der Waals surface area contributed by atoms with Gasteiger partial charge in [-0.3, -0.25) is 4.98 Å². The van der Waals surface area contributed by atoms with Gasteiger partial charge in [0.25, 0.3) is 0 Å². The molecule has 5 nitrogen and oxygen atoms in total. The summed E-state index contributed by atoms with van der Waals surface area (Å²) in [4.78, 5) is 24.3. The molecule has 0 aliphatic heterocycles. The fraction of sp³-hybridized carbons (Fsp3) is 0.231. The summed E-state index contributed by atoms with van der Waals surface area (Å²) in [6, 6.07) is 5.25. The van der Waals surface area contributed by atoms with Gasteiger partial charge >= 0.3 is 5.97 Å². The highest BCUT2D eigenvalue weighted by molar-refractivity contribution is 7.98. The van der Waals surface area contributed by atoms with Crippen molar-refractivity contribution < 1.29 is 9.53 Å². The number of hydrogen-bond donors (Lipinski definition) is 0. The van der Waals surface area contributed by atoms with E-state index >= 15 is 0 Å². The van der Waals surface area contributed by atoms with Crippen molar-refractivity contribution in [1.29, 1.82) is 0 Å². The summed E-state index contributed by atoms with van der Waals surface area (Å²) in [6.07, 6.45) is 3.36. The maximum Gasteiger partial charge on any atom is 0.339 e. The van der Waals surface area contributed by atoms with Crippen LogP contribution in [0.25, 0.3) is 0 Å². The molecule has 6 heteroatoms. The molecule has 0 radical (unpaired) electrons. The van der Waals surface area contributed by atoms with Gasteiger partial charge in [-0.1, -0.05) is 11.8 Å². The van der Waals surface area contributed by atoms with E-state index in [1.807, 2.05) is 13.0 Å². The molecule has 0 N–H and O–H groups in total. The van der Waals surface area contributed by atoms with E-state index in [1.165, 1.54) is 18.9 Å². The second-order valence-electron chi connectivity index (χ2n) is 3.76. The van der Waals surface area contributed by atoms with Gasteiger partial charge in [-0.05, 0) is 25.1 Å². The number of rotatable bonds is 4. The first-order chi connectivity index (χ1) is 9.20. The van der Waals surface area contributed by atoms with E-state index in [1.54, 1.807) is 24.5 Å². The van der Waals surface area contributed by atoms with Gasteiger partial charge in [0, 0.05) is 23.8 Å². The molecule has 0 aliphatic carbocycles. The molecule has 2 rings (SSSR count). The smallest absolute Gasteiger partial charge is 0.339 e. The first-order valence-electron chi connectivity index (χ1n) is 5.65. The number of carbonyl (C=O) groups is 1. The SMILES string of the molecule is COC(=O)c1cccnc1CSc1nccc(C)n1. The molecule has 0 unspecified atom stereocenters. The van der Waals surface area contributed by atoms with Crippen LogP contribution in [0.4, 0.5) is 0 Å². The highest BCUT2D eigenvalue weighted by atomic mass is 32.2. The summed E-state index contributed by atoms with van der Waals surface area (Å²) in [5, 5.41) is 0.668. The Balaban J connectivity index is 2.13. The maximum absolute atomic E-state index is 11.6. The zero-order valence-corrected chi connectivity index (χ0v) is 11.5. The number of aromatic nitrogens is 3. The van der Waals surface area contributed by atoms with Crippen molar-refractivity contribution in [1.82, 2.24) is 15.0 Å². The third kappa shape index (κ3) is 3.51. The van der Waals surface area contributed by atoms with Crippen LogP contribution >= 0.6 is 11.8 Å². The van der Waals surface area contributed by atoms with E-state index < -0.39 is 0 Å². The van der Waals surface area contributed by atoms with Crippen LogP contribution in [0.3, 0.4) is 0 Å². The molecule has 2 aromatic rings. The number of thioether (sulfide) groups is 1. The van der Waals surface area contributed by atoms with Crippen molar-refractivity contribution in [3.63, 3.8) is 0 Å². The number of aryl methyl sites for hydroxylation is 1. The lowest BCUT2D eigenvalue weighted by atomic mass is 10.2. The van der Waals surface area contributed by atoms with E-state index in [4.69, 9.17) is 4.74 Å². The zero-order valence-electron chi connectivity index (χ0n) is 10.7. The van der Waals surface area contributed by atoms with Gasteiger partial charge < -0.3 is 4.74 Å². The predicted octanol–water partition coefficient (Wildman–Crippen LogP) is 2.26. The first-order valence-corrected chi connectivity index (χ1v) is 6.64. The number of carbonyl (C=O) groups excluding carboxylic acids is 1. The van der Waals surface area contributed by atoms with Crippen LogP contribution in [0.5, 0.6) is 0 Å². The molecular weight excluding hydrogens is 262 g/mol. The average molecular weight is 275 g/mol. The largest absolute Gasteiger partial charge is 0.465 e. The van der Waals surface area contributed by atoms with Crippen LogP contribution in [0.2, 0.25) is 0 Å². The Hall–Kier alpha value is -1.95. The fourth-order valence-corrected chi connectivity index (χ4v) is 2.32. The van der Waals surface area contributed by atoms with E-state index in [0.717, 1.165) is 5.69 Å². The number of hydrogen-bond acceptors (Lipinski definition) is 6. The molecule has 0 bridgehead atoms. The van der Waals surface area contributed by atoms with Gasteiger partial charge in [0.05, 0.1) is 18.4 Å². The predicted molar refractivity (Wildman–Crippen MR) is 71.9 cm³/mol. The Labute approximate surface area is 115 Å². The minimum absolute atomic E-state index is 0.381. The summed E-state index contributed by atoms with van der Waals surface area (Å²) in [7, 11) is 1.36. The minimum Gasteiger partial charge on any atom is -0.465 e. The number of nitrogens with zero attached hydrogens (tertiary/aromatic N) is 3. The lowest BCUT2D eigenvalue weighted by Crippen LogP contribution is -2.06. The van der Waals surface area contributed by atoms with Gasteiger partial charge in [-0.25, -0.2) is 14.8 Å². The van der Waals surface area contributed by atoms with Gasteiger partial charge in [0.2, 0.25) is 0 Å². The number of methoxy groups -OCH3 is 1. The van der Waals surface area contributed by atoms with Crippen molar-refractivity contribution in [2.75, 3.05) is 7.11 Å². The van der Waals surface area contributed by atoms with E-state index in [2.05, 4.69) is 15.0 Å². The standard InChI is InChI=1S/C13H13N3O2S/c1-9-5-7-15-13(16-9)19-8-11-10(12(17)18-2)4-3-6-14-11/h3-7H,8H2,1-2H3. The molecule has 0 aliphatic rings. The molecule has 19 heavy (non-hydrogen) atoms. The van der Waals surface area contributed by atoms with E-state index in [0.29, 0.717) is 22.2 Å². The van der Waals surface area contributed by atoms with Crippen LogP contribution in [-0.2, 0) is 10.5 Å². The van der Waals surface area contributed by atoms with Crippen LogP contribution in [-0.4, -0.2) is 28.0 Å². The highest BCUT2D eigenvalue weighted by Crippen LogP contribution is 2.20. The van der Waals surface area contributed by atoms with Crippen molar-refractivity contribution in [3.05, 3.63) is 47.5 Å². The lowest BCUT2D eigenvalue weighted by molar-refractivity contribution is 0.0599. The molecule has 2 heterocycles. The summed E-state index contributed by atoms with van der Waals surface area (Å²) in [5.41, 5.74) is 2.06. The summed E-state index contributed by atoms with van der Waals surface area (Å²) in [6.45, 7) is 1.91. The Kier molecular flexibility index (Phi) is 4.46. The van der Waals surface area contributed by atoms with Crippen molar-refractivity contribution in [3.8, 4) is 0 Å². The Morgan fingerprint density at radius 3 is 2.89 bits per heavy atom. The zero-order chi connectivity index (χ0) is 13.7. The Morgan fingerprint density at radius 2 is 2.16 bits per heavy atom. The van der Waals surface area contributed by atoms with Crippen LogP contribution in [0.1, 0.15) is 21.7 Å². The molecule has 0 aromatic carbocycles. The van der Waals surface area contributed by atoms with Crippen LogP contribution in [0, 0.1) is 6.92 Å². The van der Waals surface area contributed by atoms with Gasteiger partial charge in [0.15, 0.2) is 5.16 Å². The summed E-state index contributed by atoms with van der Waals surface area (Å²) < 4.78 is 4.73. The normalized spacial score (nSPS) is 10.2. The molecular formula is C13H13N3O2S. The minimum atomic E-state index is -0.381. The molecule has 0 spiro atoms. The van der Waals surface area contributed by atoms with Crippen LogP contribution in [0.15, 0.2) is 35.7 Å². The molecule has 98 valence electrons. The van der Waals surface area contributed by atoms with E-state index in [9.17, 15) is 4.79 Å². The molecule has 2 aromatic heterocycles. The summed E-state index contributed by atoms with van der Waals surface area (Å²) in [5.74, 6) is 0.142. The fourth-order valence-electron chi connectivity index (χ4n) is 1.48. The average Bonchev–Trinajstić information content (AvgIpc) is 2.45. The molecule has 0 atom stereocenters. The number of ether oxygens (including phenoxy) is 1. The number of esters is 1. The monoisotopic (exact) mass is 275 g/mol. The van der Waals surface area contributed by atoms with Gasteiger partial charge in [-0.15, -0.1) is 0 Å². The number of pyridine rings is 1. The van der Waals surface area contributed by atoms with Crippen LogP contribution < -0.4 is 0 Å². The topological polar surface area (TPSA) is 65.0 Å². The van der Waals surface area contributed by atoms with Gasteiger partial charge in [-0.2, -0.15) is 0 Å². The second kappa shape index (κ2) is 6.29. The quantitative estimate of drug-likeness (QED) is 0.484. The second-order valence-corrected chi connectivity index (χ2v) is 4.70. The Morgan fingerprint density at radius 1 is 1.32 bits per heavy atom. The third-order valence-electron chi connectivity index (χ3n) is 2.41. The van der Waals surface area contributed by atoms with E-state index in [-0.39, 0.29) is 5.97 Å². The molecule has 0 fully saturated rings. The molecule has 0 amide bonds. The van der Waals surface area contributed by atoms with Crippen molar-refractivity contribution >= 4 is 17.7 Å².